The number of hydrogen-bond donors (Lipinski definition) is 1. The van der Waals surface area contributed by atoms with Crippen LogP contribution in [0.4, 0.5) is 5.69 Å². The van der Waals surface area contributed by atoms with Gasteiger partial charge < -0.3 is 10.0 Å². The highest BCUT2D eigenvalue weighted by Crippen LogP contribution is 2.37. The molecule has 1 heterocycles. The highest BCUT2D eigenvalue weighted by molar-refractivity contribution is 6.08. The lowest BCUT2D eigenvalue weighted by molar-refractivity contribution is -0.384. The van der Waals surface area contributed by atoms with Crippen LogP contribution >= 0.6 is 0 Å². The van der Waals surface area contributed by atoms with Crippen LogP contribution in [0.15, 0.2) is 48.3 Å². The van der Waals surface area contributed by atoms with Crippen molar-refractivity contribution in [3.05, 3.63) is 63.9 Å². The molecule has 0 saturated heterocycles. The zero-order chi connectivity index (χ0) is 16.4. The van der Waals surface area contributed by atoms with Crippen LogP contribution in [0.25, 0.3) is 0 Å². The Morgan fingerprint density at radius 3 is 2.50 bits per heavy atom. The highest BCUT2D eigenvalue weighted by atomic mass is 16.6. The summed E-state index contributed by atoms with van der Waals surface area (Å²) in [5.74, 6) is -1.67. The van der Waals surface area contributed by atoms with E-state index in [1.807, 2.05) is 0 Å². The second-order valence-electron chi connectivity index (χ2n) is 4.82. The molecule has 22 heavy (non-hydrogen) atoms. The monoisotopic (exact) mass is 302 g/mol. The number of hydrogen-bond acceptors (Lipinski definition) is 5. The summed E-state index contributed by atoms with van der Waals surface area (Å²) in [5.41, 5.74) is 0.400. The Balaban J connectivity index is 2.51. The van der Waals surface area contributed by atoms with Crippen molar-refractivity contribution in [1.82, 2.24) is 4.90 Å². The first-order chi connectivity index (χ1) is 10.4. The van der Waals surface area contributed by atoms with Crippen LogP contribution in [0.5, 0.6) is 0 Å². The number of nitro groups is 1. The van der Waals surface area contributed by atoms with Crippen molar-refractivity contribution in [2.24, 2.45) is 0 Å². The predicted octanol–water partition coefficient (Wildman–Crippen LogP) is 2.07. The van der Waals surface area contributed by atoms with Gasteiger partial charge in [0, 0.05) is 18.7 Å². The fraction of sp³-hybridized carbons (Fsp3) is 0.200. The SMILES string of the molecule is C=CCN1C(=O)C(O)=C(C(C)=O)[C@@H]1c1ccc([N+](=O)[O-])cc1. The lowest BCUT2D eigenvalue weighted by atomic mass is 9.96. The van der Waals surface area contributed by atoms with E-state index >= 15 is 0 Å². The number of nitrogens with zero attached hydrogens (tertiary/aromatic N) is 2. The molecule has 7 nitrogen and oxygen atoms in total. The number of ketones is 1. The molecule has 1 aromatic rings. The molecule has 0 radical (unpaired) electrons. The van der Waals surface area contributed by atoms with Gasteiger partial charge in [0.25, 0.3) is 11.6 Å². The largest absolute Gasteiger partial charge is 0.503 e. The molecular weight excluding hydrogens is 288 g/mol. The molecule has 7 heteroatoms. The minimum atomic E-state index is -0.774. The number of Topliss-reactive ketones (excluding diaryl/α,β-unsaturated/α-hetero) is 1. The fourth-order valence-corrected chi connectivity index (χ4v) is 2.47. The van der Waals surface area contributed by atoms with Crippen molar-refractivity contribution in [3.8, 4) is 0 Å². The van der Waals surface area contributed by atoms with Crippen molar-refractivity contribution in [2.75, 3.05) is 6.54 Å². The second-order valence-corrected chi connectivity index (χ2v) is 4.82. The summed E-state index contributed by atoms with van der Waals surface area (Å²) < 4.78 is 0. The summed E-state index contributed by atoms with van der Waals surface area (Å²) in [6, 6.07) is 4.74. The number of aliphatic hydroxyl groups is 1. The molecule has 1 aliphatic heterocycles. The number of nitro benzene ring substituents is 1. The minimum absolute atomic E-state index is 0.0132. The van der Waals surface area contributed by atoms with E-state index in [1.165, 1.54) is 42.2 Å². The number of rotatable bonds is 5. The summed E-state index contributed by atoms with van der Waals surface area (Å²) in [4.78, 5) is 35.3. The van der Waals surface area contributed by atoms with E-state index < -0.39 is 28.4 Å². The molecule has 1 atom stereocenters. The molecule has 0 bridgehead atoms. The third-order valence-corrected chi connectivity index (χ3v) is 3.43. The maximum atomic E-state index is 12.1. The Bertz CT molecular complexity index is 690. The standard InChI is InChI=1S/C15H14N2O5/c1-3-8-16-13(12(9(2)18)14(19)15(16)20)10-4-6-11(7-5-10)17(21)22/h3-7,13,19H,1,8H2,2H3/t13-/m0/s1. The molecule has 1 N–H and O–H groups in total. The average molecular weight is 302 g/mol. The lowest BCUT2D eigenvalue weighted by Gasteiger charge is -2.25. The number of non-ortho nitro benzene ring substituents is 1. The van der Waals surface area contributed by atoms with Crippen molar-refractivity contribution < 1.29 is 19.6 Å². The van der Waals surface area contributed by atoms with Crippen molar-refractivity contribution in [3.63, 3.8) is 0 Å². The molecule has 0 aliphatic carbocycles. The van der Waals surface area contributed by atoms with Gasteiger partial charge in [0.1, 0.15) is 0 Å². The van der Waals surface area contributed by atoms with Crippen molar-refractivity contribution in [2.45, 2.75) is 13.0 Å². The Hall–Kier alpha value is -2.96. The maximum absolute atomic E-state index is 12.1. The lowest BCUT2D eigenvalue weighted by Crippen LogP contribution is -2.31. The molecule has 114 valence electrons. The Kier molecular flexibility index (Phi) is 4.07. The van der Waals surface area contributed by atoms with E-state index in [9.17, 15) is 24.8 Å². The van der Waals surface area contributed by atoms with Crippen molar-refractivity contribution >= 4 is 17.4 Å². The van der Waals surface area contributed by atoms with Gasteiger partial charge in [-0.25, -0.2) is 0 Å². The van der Waals surface area contributed by atoms with Crippen LogP contribution in [0, 0.1) is 10.1 Å². The predicted molar refractivity (Wildman–Crippen MR) is 78.1 cm³/mol. The zero-order valence-electron chi connectivity index (χ0n) is 11.9. The van der Waals surface area contributed by atoms with E-state index in [-0.39, 0.29) is 17.8 Å². The van der Waals surface area contributed by atoms with Crippen LogP contribution in [0.1, 0.15) is 18.5 Å². The van der Waals surface area contributed by atoms with Gasteiger partial charge in [0.2, 0.25) is 0 Å². The van der Waals surface area contributed by atoms with Crippen LogP contribution in [0.3, 0.4) is 0 Å². The first-order valence-corrected chi connectivity index (χ1v) is 6.48. The Morgan fingerprint density at radius 2 is 2.05 bits per heavy atom. The topological polar surface area (TPSA) is 101 Å². The van der Waals surface area contributed by atoms with Crippen LogP contribution in [-0.4, -0.2) is 33.2 Å². The van der Waals surface area contributed by atoms with Crippen molar-refractivity contribution in [1.29, 1.82) is 0 Å². The fourth-order valence-electron chi connectivity index (χ4n) is 2.47. The van der Waals surface area contributed by atoms with E-state index in [2.05, 4.69) is 6.58 Å². The summed E-state index contributed by atoms with van der Waals surface area (Å²) >= 11 is 0. The molecule has 2 rings (SSSR count). The smallest absolute Gasteiger partial charge is 0.290 e. The summed E-state index contributed by atoms with van der Waals surface area (Å²) in [6.45, 7) is 4.95. The van der Waals surface area contributed by atoms with Gasteiger partial charge in [0.05, 0.1) is 16.5 Å². The highest BCUT2D eigenvalue weighted by Gasteiger charge is 2.41. The third-order valence-electron chi connectivity index (χ3n) is 3.43. The van der Waals surface area contributed by atoms with Gasteiger partial charge >= 0.3 is 0 Å². The summed E-state index contributed by atoms with van der Waals surface area (Å²) in [7, 11) is 0. The first kappa shape index (κ1) is 15.4. The molecule has 1 aromatic carbocycles. The summed E-state index contributed by atoms with van der Waals surface area (Å²) in [6.07, 6.45) is 1.48. The molecule has 0 saturated carbocycles. The average Bonchev–Trinajstić information content (AvgIpc) is 2.72. The minimum Gasteiger partial charge on any atom is -0.503 e. The van der Waals surface area contributed by atoms with E-state index in [0.717, 1.165) is 0 Å². The molecule has 0 unspecified atom stereocenters. The Morgan fingerprint density at radius 1 is 1.45 bits per heavy atom. The van der Waals surface area contributed by atoms with Crippen LogP contribution in [-0.2, 0) is 9.59 Å². The number of amides is 1. The maximum Gasteiger partial charge on any atom is 0.290 e. The first-order valence-electron chi connectivity index (χ1n) is 6.48. The van der Waals surface area contributed by atoms with E-state index in [4.69, 9.17) is 0 Å². The Labute approximate surface area is 126 Å². The molecule has 1 aliphatic rings. The van der Waals surface area contributed by atoms with Gasteiger partial charge in [-0.2, -0.15) is 0 Å². The molecule has 0 spiro atoms. The second kappa shape index (κ2) is 5.80. The van der Waals surface area contributed by atoms with Gasteiger partial charge in [-0.1, -0.05) is 6.08 Å². The number of benzene rings is 1. The quantitative estimate of drug-likeness (QED) is 0.509. The molecule has 1 amide bonds. The summed E-state index contributed by atoms with van der Waals surface area (Å²) in [5, 5.41) is 20.6. The van der Waals surface area contributed by atoms with Crippen LogP contribution in [0.2, 0.25) is 0 Å². The van der Waals surface area contributed by atoms with Crippen LogP contribution < -0.4 is 0 Å². The number of carbonyl (C=O) groups is 2. The van der Waals surface area contributed by atoms with Gasteiger partial charge in [-0.3, -0.25) is 19.7 Å². The third kappa shape index (κ3) is 2.48. The van der Waals surface area contributed by atoms with Gasteiger partial charge in [-0.15, -0.1) is 6.58 Å². The molecular formula is C15H14N2O5. The number of aliphatic hydroxyl groups excluding tert-OH is 1. The van der Waals surface area contributed by atoms with Gasteiger partial charge in [-0.05, 0) is 24.6 Å². The molecule has 0 aromatic heterocycles. The zero-order valence-corrected chi connectivity index (χ0v) is 11.9. The van der Waals surface area contributed by atoms with Gasteiger partial charge in [0.15, 0.2) is 11.5 Å². The molecule has 0 fully saturated rings. The van der Waals surface area contributed by atoms with E-state index in [1.54, 1.807) is 0 Å². The number of carbonyl (C=O) groups excluding carboxylic acids is 2. The normalized spacial score (nSPS) is 17.8. The van der Waals surface area contributed by atoms with E-state index in [0.29, 0.717) is 5.56 Å².